The van der Waals surface area contributed by atoms with Gasteiger partial charge in [0.25, 0.3) is 0 Å². The van der Waals surface area contributed by atoms with Gasteiger partial charge in [0.15, 0.2) is 5.17 Å². The van der Waals surface area contributed by atoms with Crippen LogP contribution in [0.3, 0.4) is 0 Å². The van der Waals surface area contributed by atoms with Crippen LogP contribution in [0.5, 0.6) is 0 Å². The van der Waals surface area contributed by atoms with Crippen molar-refractivity contribution >= 4 is 34.4 Å². The van der Waals surface area contributed by atoms with Crippen LogP contribution in [-0.4, -0.2) is 40.2 Å². The molecule has 2 amide bonds. The highest BCUT2D eigenvalue weighted by Gasteiger charge is 2.38. The maximum atomic E-state index is 12.4. The molecule has 1 saturated heterocycles. The highest BCUT2D eigenvalue weighted by Crippen LogP contribution is 2.30. The molecule has 0 saturated carbocycles. The molecule has 0 unspecified atom stereocenters. The molecular weight excluding hydrogens is 322 g/mol. The number of hydrogen-bond donors (Lipinski definition) is 1. The molecule has 130 valence electrons. The number of carbonyl (C=O) groups is 2. The first-order valence-corrected chi connectivity index (χ1v) is 9.15. The summed E-state index contributed by atoms with van der Waals surface area (Å²) in [5.74, 6) is -0.160. The summed E-state index contributed by atoms with van der Waals surface area (Å²) in [6, 6.07) is 4.09. The number of carbonyl (C=O) groups excluding carboxylic acids is 2. The van der Waals surface area contributed by atoms with Crippen molar-refractivity contribution in [3.63, 3.8) is 0 Å². The fourth-order valence-electron chi connectivity index (χ4n) is 2.92. The van der Waals surface area contributed by atoms with Gasteiger partial charge in [-0.15, -0.1) is 0 Å². The van der Waals surface area contributed by atoms with Gasteiger partial charge in [-0.05, 0) is 45.7 Å². The first-order valence-electron chi connectivity index (χ1n) is 8.27. The Morgan fingerprint density at radius 3 is 2.42 bits per heavy atom. The molecule has 1 aromatic carbocycles. The Bertz CT molecular complexity index is 662. The Morgan fingerprint density at radius 1 is 1.25 bits per heavy atom. The summed E-state index contributed by atoms with van der Waals surface area (Å²) in [5.41, 5.74) is 4.09. The second-order valence-electron chi connectivity index (χ2n) is 5.97. The van der Waals surface area contributed by atoms with Gasteiger partial charge in [-0.1, -0.05) is 29.5 Å². The van der Waals surface area contributed by atoms with Crippen LogP contribution in [0, 0.1) is 20.8 Å². The van der Waals surface area contributed by atoms with Crippen molar-refractivity contribution in [2.45, 2.75) is 46.3 Å². The van der Waals surface area contributed by atoms with Crippen molar-refractivity contribution in [3.8, 4) is 0 Å². The van der Waals surface area contributed by atoms with Crippen LogP contribution in [0.1, 0.15) is 37.0 Å². The molecule has 5 nitrogen and oxygen atoms in total. The minimum Gasteiger partial charge on any atom is -0.326 e. The molecule has 1 atom stereocenters. The van der Waals surface area contributed by atoms with E-state index in [2.05, 4.69) is 10.3 Å². The van der Waals surface area contributed by atoms with Crippen LogP contribution < -0.4 is 5.32 Å². The Kier molecular flexibility index (Phi) is 6.04. The highest BCUT2D eigenvalue weighted by atomic mass is 32.2. The fourth-order valence-corrected chi connectivity index (χ4v) is 4.19. The number of aryl methyl sites for hydroxylation is 3. The molecule has 0 radical (unpaired) electrons. The van der Waals surface area contributed by atoms with E-state index in [-0.39, 0.29) is 23.5 Å². The molecule has 2 rings (SSSR count). The zero-order valence-corrected chi connectivity index (χ0v) is 15.8. The third kappa shape index (κ3) is 3.98. The average Bonchev–Trinajstić information content (AvgIpc) is 2.78. The van der Waals surface area contributed by atoms with E-state index in [1.165, 1.54) is 17.3 Å². The van der Waals surface area contributed by atoms with Crippen LogP contribution in [-0.2, 0) is 9.59 Å². The minimum absolute atomic E-state index is 0.0257. The zero-order chi connectivity index (χ0) is 17.9. The van der Waals surface area contributed by atoms with Gasteiger partial charge in [0.1, 0.15) is 5.25 Å². The summed E-state index contributed by atoms with van der Waals surface area (Å²) in [6.07, 6.45) is 0.162. The number of aliphatic imine (C=N–C) groups is 1. The van der Waals surface area contributed by atoms with Gasteiger partial charge in [0.05, 0.1) is 0 Å². The molecular formula is C18H25N3O2S. The number of amides is 2. The predicted molar refractivity (Wildman–Crippen MR) is 101 cm³/mol. The van der Waals surface area contributed by atoms with Crippen molar-refractivity contribution in [2.24, 2.45) is 4.99 Å². The monoisotopic (exact) mass is 347 g/mol. The van der Waals surface area contributed by atoms with Gasteiger partial charge in [-0.3, -0.25) is 19.5 Å². The Morgan fingerprint density at radius 2 is 1.88 bits per heavy atom. The number of benzene rings is 1. The second kappa shape index (κ2) is 7.83. The molecule has 1 aliphatic rings. The number of rotatable bonds is 5. The number of anilines is 1. The van der Waals surface area contributed by atoms with E-state index in [0.717, 1.165) is 22.0 Å². The Hall–Kier alpha value is -1.82. The van der Waals surface area contributed by atoms with Crippen molar-refractivity contribution < 1.29 is 9.59 Å². The summed E-state index contributed by atoms with van der Waals surface area (Å²) in [4.78, 5) is 30.9. The van der Waals surface area contributed by atoms with Crippen molar-refractivity contribution in [1.29, 1.82) is 0 Å². The fraction of sp³-hybridized carbons (Fsp3) is 0.500. The van der Waals surface area contributed by atoms with Crippen molar-refractivity contribution in [3.05, 3.63) is 28.8 Å². The van der Waals surface area contributed by atoms with Gasteiger partial charge < -0.3 is 5.32 Å². The lowest BCUT2D eigenvalue weighted by Crippen LogP contribution is -2.33. The molecule has 1 heterocycles. The van der Waals surface area contributed by atoms with Gasteiger partial charge >= 0.3 is 0 Å². The van der Waals surface area contributed by atoms with E-state index in [9.17, 15) is 9.59 Å². The van der Waals surface area contributed by atoms with E-state index in [4.69, 9.17) is 0 Å². The van der Waals surface area contributed by atoms with Crippen molar-refractivity contribution in [2.75, 3.05) is 18.4 Å². The van der Waals surface area contributed by atoms with Crippen LogP contribution >= 0.6 is 11.8 Å². The normalized spacial score (nSPS) is 19.2. The number of nitrogens with one attached hydrogen (secondary N) is 1. The first kappa shape index (κ1) is 18.5. The molecule has 1 N–H and O–H groups in total. The highest BCUT2D eigenvalue weighted by molar-refractivity contribution is 8.15. The number of thioether (sulfide) groups is 1. The lowest BCUT2D eigenvalue weighted by Gasteiger charge is -2.14. The molecule has 0 bridgehead atoms. The van der Waals surface area contributed by atoms with Crippen LogP contribution in [0.25, 0.3) is 0 Å². The maximum Gasteiger partial charge on any atom is 0.242 e. The molecule has 1 aromatic rings. The molecule has 0 aliphatic carbocycles. The van der Waals surface area contributed by atoms with Crippen molar-refractivity contribution in [1.82, 2.24) is 4.90 Å². The van der Waals surface area contributed by atoms with Gasteiger partial charge in [-0.25, -0.2) is 0 Å². The van der Waals surface area contributed by atoms with E-state index < -0.39 is 0 Å². The standard InChI is InChI=1S/C18H25N3O2S/c1-6-19-18-21(7-2)17(23)14(24-18)10-15(22)20-16-12(4)8-11(3)9-13(16)5/h8-9,14H,6-7,10H2,1-5H3,(H,20,22)/t14-/m0/s1. The van der Waals surface area contributed by atoms with Crippen LogP contribution in [0.15, 0.2) is 17.1 Å². The van der Waals surface area contributed by atoms with E-state index in [1.54, 1.807) is 4.90 Å². The quantitative estimate of drug-likeness (QED) is 0.889. The van der Waals surface area contributed by atoms with E-state index in [0.29, 0.717) is 13.1 Å². The average molecular weight is 347 g/mol. The molecule has 6 heteroatoms. The predicted octanol–water partition coefficient (Wildman–Crippen LogP) is 3.28. The number of nitrogens with zero attached hydrogens (tertiary/aromatic N) is 2. The Balaban J connectivity index is 2.08. The molecule has 0 spiro atoms. The summed E-state index contributed by atoms with van der Waals surface area (Å²) < 4.78 is 0. The molecule has 0 aromatic heterocycles. The van der Waals surface area contributed by atoms with Gasteiger partial charge in [-0.2, -0.15) is 0 Å². The third-order valence-corrected chi connectivity index (χ3v) is 5.16. The lowest BCUT2D eigenvalue weighted by atomic mass is 10.0. The molecule has 1 fully saturated rings. The topological polar surface area (TPSA) is 61.8 Å². The summed E-state index contributed by atoms with van der Waals surface area (Å²) in [5, 5.41) is 3.31. The smallest absolute Gasteiger partial charge is 0.242 e. The summed E-state index contributed by atoms with van der Waals surface area (Å²) >= 11 is 1.39. The summed E-state index contributed by atoms with van der Waals surface area (Å²) in [7, 11) is 0. The zero-order valence-electron chi connectivity index (χ0n) is 15.0. The number of hydrogen-bond acceptors (Lipinski definition) is 4. The Labute approximate surface area is 147 Å². The maximum absolute atomic E-state index is 12.4. The van der Waals surface area contributed by atoms with E-state index >= 15 is 0 Å². The first-order chi connectivity index (χ1) is 11.4. The summed E-state index contributed by atoms with van der Waals surface area (Å²) in [6.45, 7) is 11.1. The third-order valence-electron chi connectivity index (χ3n) is 3.94. The largest absolute Gasteiger partial charge is 0.326 e. The van der Waals surface area contributed by atoms with Gasteiger partial charge in [0.2, 0.25) is 11.8 Å². The van der Waals surface area contributed by atoms with Crippen LogP contribution in [0.4, 0.5) is 5.69 Å². The van der Waals surface area contributed by atoms with Gasteiger partial charge in [0, 0.05) is 25.2 Å². The minimum atomic E-state index is -0.388. The molecule has 1 aliphatic heterocycles. The SMILES string of the molecule is CCN=C1S[C@@H](CC(=O)Nc2c(C)cc(C)cc2C)C(=O)N1CC. The van der Waals surface area contributed by atoms with Crippen LogP contribution in [0.2, 0.25) is 0 Å². The van der Waals surface area contributed by atoms with E-state index in [1.807, 2.05) is 46.8 Å². The molecule has 24 heavy (non-hydrogen) atoms. The number of amidine groups is 1. The second-order valence-corrected chi connectivity index (χ2v) is 7.14. The lowest BCUT2D eigenvalue weighted by molar-refractivity contribution is -0.128.